The van der Waals surface area contributed by atoms with Gasteiger partial charge in [0.1, 0.15) is 5.57 Å². The Morgan fingerprint density at radius 1 is 1.36 bits per heavy atom. The van der Waals surface area contributed by atoms with Crippen LogP contribution in [-0.2, 0) is 0 Å². The van der Waals surface area contributed by atoms with E-state index in [9.17, 15) is 13.2 Å². The second-order valence-corrected chi connectivity index (χ2v) is 2.28. The molecule has 1 aliphatic rings. The quantitative estimate of drug-likeness (QED) is 0.477. The van der Waals surface area contributed by atoms with Gasteiger partial charge in [0.05, 0.1) is 12.7 Å². The van der Waals surface area contributed by atoms with Crippen LogP contribution < -0.4 is 0 Å². The van der Waals surface area contributed by atoms with Crippen molar-refractivity contribution in [1.82, 2.24) is 0 Å². The van der Waals surface area contributed by atoms with Crippen molar-refractivity contribution in [3.8, 4) is 0 Å². The van der Waals surface area contributed by atoms with Gasteiger partial charge in [-0.25, -0.2) is 0 Å². The van der Waals surface area contributed by atoms with Crippen molar-refractivity contribution in [1.29, 1.82) is 0 Å². The molecule has 0 fully saturated rings. The molecular weight excluding hydrogens is 153 g/mol. The molecule has 0 bridgehead atoms. The van der Waals surface area contributed by atoms with E-state index in [1.54, 1.807) is 0 Å². The Kier molecular flexibility index (Phi) is 1.83. The van der Waals surface area contributed by atoms with Gasteiger partial charge in [0, 0.05) is 6.42 Å². The first kappa shape index (κ1) is 8.02. The summed E-state index contributed by atoms with van der Waals surface area (Å²) in [4.78, 5) is 0. The zero-order chi connectivity index (χ0) is 8.48. The van der Waals surface area contributed by atoms with Crippen molar-refractivity contribution in [2.75, 3.05) is 0 Å². The topological polar surface area (TPSA) is 0 Å². The fourth-order valence-electron chi connectivity index (χ4n) is 0.805. The highest BCUT2D eigenvalue weighted by Gasteiger charge is 2.36. The van der Waals surface area contributed by atoms with Gasteiger partial charge in [0.15, 0.2) is 5.57 Å². The average molecular weight is 159 g/mol. The van der Waals surface area contributed by atoms with Crippen LogP contribution in [0.1, 0.15) is 6.42 Å². The molecule has 0 saturated carbocycles. The summed E-state index contributed by atoms with van der Waals surface area (Å²) in [6, 6.07) is 0. The molecule has 0 heterocycles. The van der Waals surface area contributed by atoms with Crippen LogP contribution in [0, 0.1) is 6.58 Å². The molecule has 0 aromatic rings. The summed E-state index contributed by atoms with van der Waals surface area (Å²) in [5.41, 5.74) is -0.430. The van der Waals surface area contributed by atoms with Gasteiger partial charge in [-0.2, -0.15) is 13.2 Å². The minimum absolute atomic E-state index is 0.250. The number of allylic oxidation sites excluding steroid dienone is 5. The van der Waals surface area contributed by atoms with Gasteiger partial charge >= 0.3 is 6.18 Å². The molecule has 0 radical (unpaired) electrons. The fraction of sp³-hybridized carbons (Fsp3) is 0.250. The zero-order valence-electron chi connectivity index (χ0n) is 5.65. The minimum Gasteiger partial charge on any atom is -0.164 e. The highest BCUT2D eigenvalue weighted by Crippen LogP contribution is 2.30. The van der Waals surface area contributed by atoms with Crippen LogP contribution in [0.5, 0.6) is 0 Å². The predicted molar refractivity (Wildman–Crippen MR) is 35.7 cm³/mol. The Bertz CT molecular complexity index is 230. The lowest BCUT2D eigenvalue weighted by molar-refractivity contribution is -0.0883. The van der Waals surface area contributed by atoms with Crippen molar-refractivity contribution in [3.05, 3.63) is 36.0 Å². The molecule has 0 unspecified atom stereocenters. The minimum atomic E-state index is -4.28. The molecule has 0 atom stereocenters. The Hall–Kier alpha value is -1.08. The van der Waals surface area contributed by atoms with Crippen molar-refractivity contribution < 1.29 is 13.2 Å². The van der Waals surface area contributed by atoms with E-state index in [1.807, 2.05) is 0 Å². The summed E-state index contributed by atoms with van der Waals surface area (Å²) in [5.74, 6) is 0. The van der Waals surface area contributed by atoms with Crippen molar-refractivity contribution >= 4 is 0 Å². The van der Waals surface area contributed by atoms with E-state index in [-0.39, 0.29) is 5.57 Å². The SMILES string of the molecule is [CH+]=C1C=C(C(F)(F)F)C=CC1. The first-order valence-corrected chi connectivity index (χ1v) is 3.07. The molecule has 3 heteroatoms. The lowest BCUT2D eigenvalue weighted by atomic mass is 10.0. The molecule has 0 saturated heterocycles. The van der Waals surface area contributed by atoms with Gasteiger partial charge in [-0.1, -0.05) is 6.08 Å². The van der Waals surface area contributed by atoms with E-state index in [0.29, 0.717) is 6.42 Å². The van der Waals surface area contributed by atoms with Crippen LogP contribution in [0.15, 0.2) is 29.4 Å². The lowest BCUT2D eigenvalue weighted by Crippen LogP contribution is -2.11. The van der Waals surface area contributed by atoms with Gasteiger partial charge in [-0.3, -0.25) is 0 Å². The van der Waals surface area contributed by atoms with Gasteiger partial charge in [-0.05, 0) is 6.08 Å². The summed E-state index contributed by atoms with van der Waals surface area (Å²) >= 11 is 0. The average Bonchev–Trinajstić information content (AvgIpc) is 1.86. The first-order chi connectivity index (χ1) is 5.00. The number of halogens is 3. The molecule has 1 rings (SSSR count). The monoisotopic (exact) mass is 159 g/mol. The molecule has 0 N–H and O–H groups in total. The molecule has 0 spiro atoms. The molecule has 58 valence electrons. The Labute approximate surface area is 62.7 Å². The largest absolute Gasteiger partial charge is 0.435 e. The maximum atomic E-state index is 11.9. The van der Waals surface area contributed by atoms with Crippen molar-refractivity contribution in [2.45, 2.75) is 12.6 Å². The molecular formula is C8H6F3+. The van der Waals surface area contributed by atoms with Gasteiger partial charge in [0.2, 0.25) is 0 Å². The summed E-state index contributed by atoms with van der Waals surface area (Å²) in [5, 5.41) is 0. The molecule has 1 aliphatic carbocycles. The fourth-order valence-corrected chi connectivity index (χ4v) is 0.805. The first-order valence-electron chi connectivity index (χ1n) is 3.07. The standard InChI is InChI=1S/C8H6F3/c1-6-3-2-4-7(5-6)8(9,10)11/h1-2,4-5H,3H2/q+1. The van der Waals surface area contributed by atoms with Crippen LogP contribution in [0.25, 0.3) is 0 Å². The molecule has 0 nitrogen and oxygen atoms in total. The van der Waals surface area contributed by atoms with Gasteiger partial charge in [0.25, 0.3) is 0 Å². The molecule has 0 aromatic carbocycles. The van der Waals surface area contributed by atoms with Crippen LogP contribution in [-0.4, -0.2) is 6.18 Å². The summed E-state index contributed by atoms with van der Waals surface area (Å²) < 4.78 is 35.8. The molecule has 0 aromatic heterocycles. The molecule has 11 heavy (non-hydrogen) atoms. The maximum absolute atomic E-state index is 11.9. The summed E-state index contributed by atoms with van der Waals surface area (Å²) in [7, 11) is 0. The van der Waals surface area contributed by atoms with Gasteiger partial charge in [-0.15, -0.1) is 0 Å². The van der Waals surface area contributed by atoms with E-state index in [0.717, 1.165) is 12.2 Å². The van der Waals surface area contributed by atoms with Crippen molar-refractivity contribution in [2.24, 2.45) is 0 Å². The Morgan fingerprint density at radius 2 is 2.00 bits per heavy atom. The summed E-state index contributed by atoms with van der Waals surface area (Å²) in [6.07, 6.45) is -0.477. The Morgan fingerprint density at radius 3 is 2.36 bits per heavy atom. The number of hydrogen-bond donors (Lipinski definition) is 0. The highest BCUT2D eigenvalue weighted by atomic mass is 19.4. The van der Waals surface area contributed by atoms with Crippen LogP contribution >= 0.6 is 0 Å². The second kappa shape index (κ2) is 2.51. The van der Waals surface area contributed by atoms with E-state index >= 15 is 0 Å². The zero-order valence-corrected chi connectivity index (χ0v) is 5.65. The summed E-state index contributed by atoms with van der Waals surface area (Å²) in [6.45, 7) is 5.21. The van der Waals surface area contributed by atoms with E-state index < -0.39 is 11.7 Å². The van der Waals surface area contributed by atoms with E-state index in [4.69, 9.17) is 6.58 Å². The lowest BCUT2D eigenvalue weighted by Gasteiger charge is -2.05. The van der Waals surface area contributed by atoms with Gasteiger partial charge < -0.3 is 0 Å². The predicted octanol–water partition coefficient (Wildman–Crippen LogP) is 2.79. The smallest absolute Gasteiger partial charge is 0.164 e. The third-order valence-corrected chi connectivity index (χ3v) is 1.32. The van der Waals surface area contributed by atoms with Crippen molar-refractivity contribution in [3.63, 3.8) is 0 Å². The van der Waals surface area contributed by atoms with Crippen LogP contribution in [0.3, 0.4) is 0 Å². The normalized spacial score (nSPS) is 18.4. The third-order valence-electron chi connectivity index (χ3n) is 1.32. The van der Waals surface area contributed by atoms with Crippen LogP contribution in [0.2, 0.25) is 0 Å². The molecule has 0 aliphatic heterocycles. The maximum Gasteiger partial charge on any atom is 0.435 e. The molecule has 0 amide bonds. The number of hydrogen-bond acceptors (Lipinski definition) is 0. The number of rotatable bonds is 0. The van der Waals surface area contributed by atoms with E-state index in [2.05, 4.69) is 0 Å². The second-order valence-electron chi connectivity index (χ2n) is 2.28. The highest BCUT2D eigenvalue weighted by molar-refractivity contribution is 5.36. The van der Waals surface area contributed by atoms with E-state index in [1.165, 1.54) is 6.08 Å². The van der Waals surface area contributed by atoms with Crippen LogP contribution in [0.4, 0.5) is 13.2 Å². The number of alkyl halides is 3. The Balaban J connectivity index is 2.88. The third kappa shape index (κ3) is 1.92.